The highest BCUT2D eigenvalue weighted by atomic mass is 19.1. The molecule has 0 fully saturated rings. The van der Waals surface area contributed by atoms with Crippen LogP contribution in [0.15, 0.2) is 48.5 Å². The number of nitriles is 1. The van der Waals surface area contributed by atoms with Crippen LogP contribution in [0, 0.1) is 23.1 Å². The third-order valence-electron chi connectivity index (χ3n) is 3.18. The van der Waals surface area contributed by atoms with E-state index < -0.39 is 11.8 Å². The number of halogens is 1. The summed E-state index contributed by atoms with van der Waals surface area (Å²) in [5.41, 5.74) is 1.32. The molecular weight excluding hydrogens is 283 g/mol. The van der Waals surface area contributed by atoms with Crippen LogP contribution in [-0.2, 0) is 11.2 Å². The third-order valence-corrected chi connectivity index (χ3v) is 3.18. The zero-order valence-corrected chi connectivity index (χ0v) is 12.0. The minimum Gasteiger partial charge on any atom is -0.497 e. The zero-order valence-electron chi connectivity index (χ0n) is 12.0. The number of rotatable bonds is 5. The Morgan fingerprint density at radius 3 is 2.41 bits per heavy atom. The molecule has 0 saturated carbocycles. The quantitative estimate of drug-likeness (QED) is 0.922. The molecule has 1 unspecified atom stereocenters. The number of methoxy groups -OCH3 is 1. The van der Waals surface area contributed by atoms with E-state index in [4.69, 9.17) is 4.74 Å². The van der Waals surface area contributed by atoms with Crippen molar-refractivity contribution in [1.82, 2.24) is 0 Å². The predicted octanol–water partition coefficient (Wildman–Crippen LogP) is 3.16. The summed E-state index contributed by atoms with van der Waals surface area (Å²) in [6.45, 7) is 0. The molecule has 2 aromatic carbocycles. The Kier molecular flexibility index (Phi) is 5.10. The van der Waals surface area contributed by atoms with Crippen LogP contribution in [-0.4, -0.2) is 13.0 Å². The molecule has 0 heterocycles. The Bertz CT molecular complexity index is 675. The standard InChI is InChI=1S/C17H15FN2O2/c1-22-16-8-2-12(3-9-16)10-13(11-19)17(21)20-15-6-4-14(18)5-7-15/h2-9,13H,10H2,1H3,(H,20,21). The number of hydrogen-bond acceptors (Lipinski definition) is 3. The van der Waals surface area contributed by atoms with Gasteiger partial charge in [-0.15, -0.1) is 0 Å². The van der Waals surface area contributed by atoms with Gasteiger partial charge in [0.2, 0.25) is 5.91 Å². The van der Waals surface area contributed by atoms with E-state index in [1.807, 2.05) is 18.2 Å². The Balaban J connectivity index is 2.02. The summed E-state index contributed by atoms with van der Waals surface area (Å²) in [4.78, 5) is 12.1. The second-order valence-electron chi connectivity index (χ2n) is 4.73. The number of nitrogens with zero attached hydrogens (tertiary/aromatic N) is 1. The highest BCUT2D eigenvalue weighted by Crippen LogP contribution is 2.16. The molecule has 4 nitrogen and oxygen atoms in total. The monoisotopic (exact) mass is 298 g/mol. The van der Waals surface area contributed by atoms with Gasteiger partial charge in [-0.2, -0.15) is 5.26 Å². The van der Waals surface area contributed by atoms with Crippen LogP contribution in [0.25, 0.3) is 0 Å². The number of anilines is 1. The van der Waals surface area contributed by atoms with Gasteiger partial charge >= 0.3 is 0 Å². The summed E-state index contributed by atoms with van der Waals surface area (Å²) in [7, 11) is 1.57. The molecule has 0 aromatic heterocycles. The van der Waals surface area contributed by atoms with Crippen LogP contribution in [0.5, 0.6) is 5.75 Å². The SMILES string of the molecule is COc1ccc(CC(C#N)C(=O)Nc2ccc(F)cc2)cc1. The molecule has 0 bridgehead atoms. The van der Waals surface area contributed by atoms with Gasteiger partial charge in [0, 0.05) is 5.69 Å². The van der Waals surface area contributed by atoms with Gasteiger partial charge in [-0.3, -0.25) is 4.79 Å². The van der Waals surface area contributed by atoms with Crippen molar-refractivity contribution in [3.05, 3.63) is 59.9 Å². The Labute approximate surface area is 128 Å². The van der Waals surface area contributed by atoms with Gasteiger partial charge in [0.15, 0.2) is 0 Å². The molecule has 0 radical (unpaired) electrons. The van der Waals surface area contributed by atoms with E-state index in [0.717, 1.165) is 5.56 Å². The highest BCUT2D eigenvalue weighted by Gasteiger charge is 2.18. The van der Waals surface area contributed by atoms with Gasteiger partial charge < -0.3 is 10.1 Å². The van der Waals surface area contributed by atoms with E-state index in [2.05, 4.69) is 5.32 Å². The Hall–Kier alpha value is -2.87. The van der Waals surface area contributed by atoms with Gasteiger partial charge in [-0.25, -0.2) is 4.39 Å². The molecule has 0 aliphatic heterocycles. The normalized spacial score (nSPS) is 11.3. The molecule has 0 spiro atoms. The van der Waals surface area contributed by atoms with Crippen LogP contribution in [0.4, 0.5) is 10.1 Å². The van der Waals surface area contributed by atoms with Crippen LogP contribution in [0.3, 0.4) is 0 Å². The van der Waals surface area contributed by atoms with Crippen molar-refractivity contribution < 1.29 is 13.9 Å². The van der Waals surface area contributed by atoms with Gasteiger partial charge in [0.25, 0.3) is 0 Å². The zero-order chi connectivity index (χ0) is 15.9. The molecule has 1 amide bonds. The lowest BCUT2D eigenvalue weighted by atomic mass is 9.99. The fourth-order valence-electron chi connectivity index (χ4n) is 1.96. The van der Waals surface area contributed by atoms with Crippen LogP contribution in [0.2, 0.25) is 0 Å². The summed E-state index contributed by atoms with van der Waals surface area (Å²) in [6.07, 6.45) is 0.299. The average Bonchev–Trinajstić information content (AvgIpc) is 2.55. The maximum Gasteiger partial charge on any atom is 0.242 e. The molecule has 22 heavy (non-hydrogen) atoms. The van der Waals surface area contributed by atoms with E-state index in [9.17, 15) is 14.4 Å². The molecule has 0 aliphatic rings. The molecule has 112 valence electrons. The van der Waals surface area contributed by atoms with E-state index >= 15 is 0 Å². The number of carbonyl (C=O) groups is 1. The number of amides is 1. The molecule has 2 rings (SSSR count). The predicted molar refractivity (Wildman–Crippen MR) is 80.8 cm³/mol. The number of nitrogens with one attached hydrogen (secondary N) is 1. The smallest absolute Gasteiger partial charge is 0.242 e. The van der Waals surface area contributed by atoms with Gasteiger partial charge in [-0.1, -0.05) is 12.1 Å². The first-order valence-electron chi connectivity index (χ1n) is 6.71. The summed E-state index contributed by atoms with van der Waals surface area (Å²) in [6, 6.07) is 14.6. The lowest BCUT2D eigenvalue weighted by Gasteiger charge is -2.11. The number of carbonyl (C=O) groups excluding carboxylic acids is 1. The highest BCUT2D eigenvalue weighted by molar-refractivity contribution is 5.94. The first-order valence-corrected chi connectivity index (χ1v) is 6.71. The van der Waals surface area contributed by atoms with E-state index in [-0.39, 0.29) is 5.82 Å². The fourth-order valence-corrected chi connectivity index (χ4v) is 1.96. The second-order valence-corrected chi connectivity index (χ2v) is 4.73. The first-order chi connectivity index (χ1) is 10.6. The van der Waals surface area contributed by atoms with Crippen molar-refractivity contribution in [3.63, 3.8) is 0 Å². The topological polar surface area (TPSA) is 62.1 Å². The lowest BCUT2D eigenvalue weighted by molar-refractivity contribution is -0.118. The third kappa shape index (κ3) is 4.06. The molecule has 5 heteroatoms. The van der Waals surface area contributed by atoms with Gasteiger partial charge in [0.05, 0.1) is 13.2 Å². The fraction of sp³-hybridized carbons (Fsp3) is 0.176. The van der Waals surface area contributed by atoms with Crippen molar-refractivity contribution >= 4 is 11.6 Å². The van der Waals surface area contributed by atoms with Crippen LogP contribution >= 0.6 is 0 Å². The minimum atomic E-state index is -0.821. The minimum absolute atomic E-state index is 0.299. The summed E-state index contributed by atoms with van der Waals surface area (Å²) >= 11 is 0. The summed E-state index contributed by atoms with van der Waals surface area (Å²) in [5, 5.41) is 11.8. The number of ether oxygens (including phenoxy) is 1. The van der Waals surface area contributed by atoms with Gasteiger partial charge in [-0.05, 0) is 48.4 Å². The van der Waals surface area contributed by atoms with Crippen molar-refractivity contribution in [2.24, 2.45) is 5.92 Å². The van der Waals surface area contributed by atoms with Crippen molar-refractivity contribution in [2.75, 3.05) is 12.4 Å². The molecule has 2 aromatic rings. The molecule has 1 atom stereocenters. The maximum absolute atomic E-state index is 12.8. The molecule has 0 saturated heterocycles. The molecule has 1 N–H and O–H groups in total. The molecule has 0 aliphatic carbocycles. The number of hydrogen-bond donors (Lipinski definition) is 1. The summed E-state index contributed by atoms with van der Waals surface area (Å²) in [5.74, 6) is -0.899. The second kappa shape index (κ2) is 7.23. The van der Waals surface area contributed by atoms with Crippen molar-refractivity contribution in [3.8, 4) is 11.8 Å². The molecular formula is C17H15FN2O2. The maximum atomic E-state index is 12.8. The Morgan fingerprint density at radius 2 is 1.86 bits per heavy atom. The van der Waals surface area contributed by atoms with E-state index in [1.165, 1.54) is 24.3 Å². The van der Waals surface area contributed by atoms with Gasteiger partial charge in [0.1, 0.15) is 17.5 Å². The van der Waals surface area contributed by atoms with E-state index in [0.29, 0.717) is 17.9 Å². The van der Waals surface area contributed by atoms with Crippen LogP contribution in [0.1, 0.15) is 5.56 Å². The largest absolute Gasteiger partial charge is 0.497 e. The van der Waals surface area contributed by atoms with Crippen molar-refractivity contribution in [2.45, 2.75) is 6.42 Å². The Morgan fingerprint density at radius 1 is 1.23 bits per heavy atom. The van der Waals surface area contributed by atoms with Crippen LogP contribution < -0.4 is 10.1 Å². The average molecular weight is 298 g/mol. The first kappa shape index (κ1) is 15.5. The number of benzene rings is 2. The lowest BCUT2D eigenvalue weighted by Crippen LogP contribution is -2.23. The van der Waals surface area contributed by atoms with E-state index in [1.54, 1.807) is 19.2 Å². The summed E-state index contributed by atoms with van der Waals surface area (Å²) < 4.78 is 17.9. The van der Waals surface area contributed by atoms with Crippen molar-refractivity contribution in [1.29, 1.82) is 5.26 Å².